The number of hydroxylamine groups is 2. The fourth-order valence-corrected chi connectivity index (χ4v) is 3.75. The maximum Gasteiger partial charge on any atom is 0.233 e. The minimum atomic E-state index is -1.22. The Balaban J connectivity index is 1.85. The van der Waals surface area contributed by atoms with E-state index < -0.39 is 17.0 Å². The molecule has 1 aromatic heterocycles. The van der Waals surface area contributed by atoms with Crippen molar-refractivity contribution in [2.24, 2.45) is 0 Å². The van der Waals surface area contributed by atoms with E-state index >= 15 is 0 Å². The van der Waals surface area contributed by atoms with Crippen molar-refractivity contribution in [2.75, 3.05) is 36.8 Å². The average Bonchev–Trinajstić information content (AvgIpc) is 2.54. The highest BCUT2D eigenvalue weighted by Gasteiger charge is 2.24. The lowest BCUT2D eigenvalue weighted by molar-refractivity contribution is -0.156. The Morgan fingerprint density at radius 1 is 1.45 bits per heavy atom. The molecule has 0 radical (unpaired) electrons. The first-order valence-electron chi connectivity index (χ1n) is 6.93. The fraction of sp³-hybridized carbons (Fsp3) is 0.538. The minimum absolute atomic E-state index is 0.228. The van der Waals surface area contributed by atoms with Gasteiger partial charge in [-0.1, -0.05) is 0 Å². The van der Waals surface area contributed by atoms with Gasteiger partial charge in [-0.15, -0.1) is 0 Å². The number of aromatic nitrogens is 1. The maximum absolute atomic E-state index is 12.3. The standard InChI is InChI=1S/C13H19BrN4O3S/c1-11(18(20)10-19)9-22(21)17-6-4-16(5-7-17)13-3-2-12(14)8-15-13/h2-3,8,10-11,20H,4-7,9H2,1H3. The summed E-state index contributed by atoms with van der Waals surface area (Å²) in [6.07, 6.45) is 2.09. The number of nitrogens with zero attached hydrogens (tertiary/aromatic N) is 4. The van der Waals surface area contributed by atoms with Crippen LogP contribution in [-0.4, -0.2) is 68.2 Å². The van der Waals surface area contributed by atoms with Gasteiger partial charge in [-0.3, -0.25) is 10.0 Å². The summed E-state index contributed by atoms with van der Waals surface area (Å²) in [4.78, 5) is 17.0. The van der Waals surface area contributed by atoms with Crippen molar-refractivity contribution in [3.8, 4) is 0 Å². The molecule has 2 heterocycles. The van der Waals surface area contributed by atoms with Crippen molar-refractivity contribution in [3.05, 3.63) is 22.8 Å². The quantitative estimate of drug-likeness (QED) is 0.442. The Hall–Kier alpha value is -1.03. The molecule has 2 unspecified atom stereocenters. The van der Waals surface area contributed by atoms with Crippen LogP contribution in [0.15, 0.2) is 22.8 Å². The van der Waals surface area contributed by atoms with Gasteiger partial charge in [0.15, 0.2) is 0 Å². The van der Waals surface area contributed by atoms with Crippen LogP contribution < -0.4 is 4.90 Å². The van der Waals surface area contributed by atoms with Crippen LogP contribution in [0.25, 0.3) is 0 Å². The lowest BCUT2D eigenvalue weighted by Crippen LogP contribution is -2.49. The molecule has 2 atom stereocenters. The van der Waals surface area contributed by atoms with Crippen LogP contribution in [-0.2, 0) is 15.8 Å². The van der Waals surface area contributed by atoms with Crippen LogP contribution in [0.2, 0.25) is 0 Å². The monoisotopic (exact) mass is 390 g/mol. The number of anilines is 1. The topological polar surface area (TPSA) is 77.0 Å². The summed E-state index contributed by atoms with van der Waals surface area (Å²) < 4.78 is 15.1. The minimum Gasteiger partial charge on any atom is -0.354 e. The molecule has 1 saturated heterocycles. The molecule has 1 amide bonds. The summed E-state index contributed by atoms with van der Waals surface area (Å²) >= 11 is 3.36. The van der Waals surface area contributed by atoms with E-state index in [1.54, 1.807) is 13.1 Å². The molecule has 0 spiro atoms. The molecule has 0 saturated carbocycles. The first-order chi connectivity index (χ1) is 10.5. The van der Waals surface area contributed by atoms with E-state index in [-0.39, 0.29) is 5.75 Å². The predicted octanol–water partition coefficient (Wildman–Crippen LogP) is 0.866. The van der Waals surface area contributed by atoms with Gasteiger partial charge in [0.2, 0.25) is 6.41 Å². The molecule has 1 aromatic rings. The van der Waals surface area contributed by atoms with Crippen LogP contribution in [0.1, 0.15) is 6.92 Å². The van der Waals surface area contributed by atoms with Crippen LogP contribution >= 0.6 is 15.9 Å². The summed E-state index contributed by atoms with van der Waals surface area (Å²) in [5, 5.41) is 9.83. The second-order valence-electron chi connectivity index (χ2n) is 5.07. The van der Waals surface area contributed by atoms with Gasteiger partial charge in [-0.25, -0.2) is 18.6 Å². The number of pyridine rings is 1. The number of rotatable bonds is 6. The van der Waals surface area contributed by atoms with Crippen molar-refractivity contribution in [3.63, 3.8) is 0 Å². The van der Waals surface area contributed by atoms with Gasteiger partial charge >= 0.3 is 0 Å². The zero-order valence-corrected chi connectivity index (χ0v) is 14.7. The number of amides is 1. The zero-order chi connectivity index (χ0) is 16.1. The highest BCUT2D eigenvalue weighted by molar-refractivity contribution is 9.10. The Kier molecular flexibility index (Phi) is 6.30. The Labute approximate surface area is 140 Å². The number of carbonyl (C=O) groups excluding carboxylic acids is 1. The lowest BCUT2D eigenvalue weighted by Gasteiger charge is -2.35. The van der Waals surface area contributed by atoms with E-state index in [4.69, 9.17) is 0 Å². The van der Waals surface area contributed by atoms with Gasteiger partial charge in [0.25, 0.3) is 0 Å². The van der Waals surface area contributed by atoms with Crippen molar-refractivity contribution in [1.29, 1.82) is 0 Å². The largest absolute Gasteiger partial charge is 0.354 e. The maximum atomic E-state index is 12.3. The van der Waals surface area contributed by atoms with Gasteiger partial charge in [0.1, 0.15) is 5.82 Å². The Morgan fingerprint density at radius 3 is 2.68 bits per heavy atom. The highest BCUT2D eigenvalue weighted by Crippen LogP contribution is 2.17. The number of hydrogen-bond donors (Lipinski definition) is 1. The first-order valence-corrected chi connectivity index (χ1v) is 9.00. The molecule has 1 N–H and O–H groups in total. The van der Waals surface area contributed by atoms with Gasteiger partial charge in [-0.2, -0.15) is 0 Å². The molecular weight excluding hydrogens is 372 g/mol. The van der Waals surface area contributed by atoms with E-state index in [0.717, 1.165) is 23.4 Å². The van der Waals surface area contributed by atoms with Gasteiger partial charge < -0.3 is 4.90 Å². The smallest absolute Gasteiger partial charge is 0.233 e. The molecule has 9 heteroatoms. The first kappa shape index (κ1) is 17.3. The normalized spacial score (nSPS) is 18.8. The highest BCUT2D eigenvalue weighted by atomic mass is 79.9. The van der Waals surface area contributed by atoms with E-state index in [0.29, 0.717) is 24.6 Å². The molecule has 0 bridgehead atoms. The zero-order valence-electron chi connectivity index (χ0n) is 12.3. The van der Waals surface area contributed by atoms with E-state index in [1.807, 2.05) is 16.4 Å². The Bertz CT molecular complexity index is 523. The van der Waals surface area contributed by atoms with E-state index in [2.05, 4.69) is 25.8 Å². The number of carbonyl (C=O) groups is 1. The molecule has 7 nitrogen and oxygen atoms in total. The van der Waals surface area contributed by atoms with Gasteiger partial charge in [0.05, 0.1) is 22.8 Å². The van der Waals surface area contributed by atoms with Crippen LogP contribution in [0.4, 0.5) is 5.82 Å². The second kappa shape index (κ2) is 8.00. The second-order valence-corrected chi connectivity index (χ2v) is 7.48. The van der Waals surface area contributed by atoms with Crippen molar-refractivity contribution >= 4 is 39.1 Å². The molecule has 0 aliphatic carbocycles. The van der Waals surface area contributed by atoms with Crippen LogP contribution in [0.5, 0.6) is 0 Å². The molecule has 0 aromatic carbocycles. The lowest BCUT2D eigenvalue weighted by atomic mass is 10.3. The predicted molar refractivity (Wildman–Crippen MR) is 87.9 cm³/mol. The molecule has 22 heavy (non-hydrogen) atoms. The number of halogens is 1. The van der Waals surface area contributed by atoms with Crippen LogP contribution in [0.3, 0.4) is 0 Å². The average molecular weight is 391 g/mol. The third kappa shape index (κ3) is 4.48. The van der Waals surface area contributed by atoms with Crippen molar-refractivity contribution in [2.45, 2.75) is 13.0 Å². The Morgan fingerprint density at radius 2 is 2.14 bits per heavy atom. The SMILES string of the molecule is CC(CS(=O)N1CCN(c2ccc(Br)cn2)CC1)N(O)C=O. The van der Waals surface area contributed by atoms with Gasteiger partial charge in [0, 0.05) is 36.8 Å². The molecule has 1 fully saturated rings. The summed E-state index contributed by atoms with van der Waals surface area (Å²) in [5.41, 5.74) is 0. The van der Waals surface area contributed by atoms with E-state index in [9.17, 15) is 14.2 Å². The van der Waals surface area contributed by atoms with E-state index in [1.165, 1.54) is 0 Å². The molecule has 2 rings (SSSR count). The van der Waals surface area contributed by atoms with Crippen LogP contribution in [0, 0.1) is 0 Å². The third-order valence-electron chi connectivity index (χ3n) is 3.51. The molecule has 122 valence electrons. The molecule has 1 aliphatic heterocycles. The molecular formula is C13H19BrN4O3S. The summed E-state index contributed by atoms with van der Waals surface area (Å²) in [6.45, 7) is 4.46. The summed E-state index contributed by atoms with van der Waals surface area (Å²) in [5.74, 6) is 1.13. The summed E-state index contributed by atoms with van der Waals surface area (Å²) in [6, 6.07) is 3.43. The van der Waals surface area contributed by atoms with Crippen molar-refractivity contribution in [1.82, 2.24) is 14.4 Å². The molecule has 1 aliphatic rings. The number of piperazine rings is 1. The number of hydrogen-bond acceptors (Lipinski definition) is 5. The fourth-order valence-electron chi connectivity index (χ4n) is 2.17. The summed E-state index contributed by atoms with van der Waals surface area (Å²) in [7, 11) is -1.22. The van der Waals surface area contributed by atoms with Crippen molar-refractivity contribution < 1.29 is 14.2 Å². The van der Waals surface area contributed by atoms with Gasteiger partial charge in [-0.05, 0) is 35.0 Å². The third-order valence-corrected chi connectivity index (χ3v) is 5.68.